The minimum absolute atomic E-state index is 0.239. The molecule has 144 valence electrons. The van der Waals surface area contributed by atoms with Crippen molar-refractivity contribution < 1.29 is 22.8 Å². The van der Waals surface area contributed by atoms with E-state index in [0.29, 0.717) is 11.3 Å². The van der Waals surface area contributed by atoms with Crippen LogP contribution in [-0.4, -0.2) is 16.8 Å². The van der Waals surface area contributed by atoms with Gasteiger partial charge in [0.15, 0.2) is 0 Å². The Morgan fingerprint density at radius 1 is 1.19 bits per heavy atom. The van der Waals surface area contributed by atoms with Gasteiger partial charge in [0, 0.05) is 17.7 Å². The lowest BCUT2D eigenvalue weighted by Crippen LogP contribution is -2.27. The normalized spacial score (nSPS) is 12.4. The van der Waals surface area contributed by atoms with Crippen molar-refractivity contribution in [3.63, 3.8) is 0 Å². The lowest BCUT2D eigenvalue weighted by molar-refractivity contribution is -0.137. The van der Waals surface area contributed by atoms with Gasteiger partial charge in [-0.25, -0.2) is 4.98 Å². The average Bonchev–Trinajstić information content (AvgIpc) is 2.60. The van der Waals surface area contributed by atoms with Crippen molar-refractivity contribution in [1.82, 2.24) is 10.3 Å². The van der Waals surface area contributed by atoms with Gasteiger partial charge < -0.3 is 10.6 Å². The zero-order valence-electron chi connectivity index (χ0n) is 15.1. The number of aryl methyl sites for hydroxylation is 1. The van der Waals surface area contributed by atoms with Gasteiger partial charge in [-0.15, -0.1) is 0 Å². The number of nitrogens with one attached hydrogen (secondary N) is 2. The van der Waals surface area contributed by atoms with E-state index in [4.69, 9.17) is 0 Å². The Hall–Kier alpha value is -2.90. The third-order valence-electron chi connectivity index (χ3n) is 3.87. The Morgan fingerprint density at radius 2 is 1.89 bits per heavy atom. The molecule has 27 heavy (non-hydrogen) atoms. The number of halogens is 3. The van der Waals surface area contributed by atoms with Crippen molar-refractivity contribution in [1.29, 1.82) is 0 Å². The lowest BCUT2D eigenvalue weighted by atomic mass is 10.0. The summed E-state index contributed by atoms with van der Waals surface area (Å²) in [5.41, 5.74) is 0.349. The molecular formula is C19H20F3N3O2. The summed E-state index contributed by atoms with van der Waals surface area (Å²) in [5, 5.41) is 5.25. The highest BCUT2D eigenvalue weighted by atomic mass is 19.4. The molecule has 0 bridgehead atoms. The van der Waals surface area contributed by atoms with Gasteiger partial charge in [-0.2, -0.15) is 13.2 Å². The molecule has 0 saturated carbocycles. The van der Waals surface area contributed by atoms with Gasteiger partial charge in [0.05, 0.1) is 11.6 Å². The number of nitrogens with zero attached hydrogens (tertiary/aromatic N) is 1. The molecule has 2 N–H and O–H groups in total. The Kier molecular flexibility index (Phi) is 6.20. The van der Waals surface area contributed by atoms with Crippen LogP contribution in [0, 0.1) is 6.92 Å². The lowest BCUT2D eigenvalue weighted by Gasteiger charge is -2.17. The van der Waals surface area contributed by atoms with E-state index in [0.717, 1.165) is 12.1 Å². The summed E-state index contributed by atoms with van der Waals surface area (Å²) in [6.07, 6.45) is -4.18. The smallest absolute Gasteiger partial charge is 0.346 e. The standard InChI is InChI=1S/C19H20F3N3O2/c1-4-17(26)25-16-10-14(8-11(2)23-16)18(27)24-12(3)13-6-5-7-15(9-13)19(20,21)22/h5-10,12H,4H2,1-3H3,(H,24,27)(H,23,25,26). The Morgan fingerprint density at radius 3 is 2.52 bits per heavy atom. The number of alkyl halides is 3. The van der Waals surface area contributed by atoms with Crippen molar-refractivity contribution >= 4 is 17.6 Å². The van der Waals surface area contributed by atoms with Gasteiger partial charge in [-0.3, -0.25) is 9.59 Å². The number of amides is 2. The van der Waals surface area contributed by atoms with Crippen molar-refractivity contribution in [3.8, 4) is 0 Å². The van der Waals surface area contributed by atoms with E-state index in [2.05, 4.69) is 15.6 Å². The van der Waals surface area contributed by atoms with E-state index in [9.17, 15) is 22.8 Å². The van der Waals surface area contributed by atoms with E-state index in [1.807, 2.05) is 0 Å². The van der Waals surface area contributed by atoms with E-state index >= 15 is 0 Å². The molecule has 8 heteroatoms. The number of benzene rings is 1. The second-order valence-electron chi connectivity index (χ2n) is 6.10. The number of hydrogen-bond acceptors (Lipinski definition) is 3. The first-order valence-electron chi connectivity index (χ1n) is 8.36. The van der Waals surface area contributed by atoms with E-state index in [1.54, 1.807) is 20.8 Å². The zero-order valence-corrected chi connectivity index (χ0v) is 15.1. The first-order valence-corrected chi connectivity index (χ1v) is 8.36. The number of aromatic nitrogens is 1. The largest absolute Gasteiger partial charge is 0.416 e. The van der Waals surface area contributed by atoms with Crippen LogP contribution in [-0.2, 0) is 11.0 Å². The van der Waals surface area contributed by atoms with Gasteiger partial charge in [-0.1, -0.05) is 19.1 Å². The number of anilines is 1. The summed E-state index contributed by atoms with van der Waals surface area (Å²) in [4.78, 5) is 28.1. The molecule has 0 fully saturated rings. The van der Waals surface area contributed by atoms with Gasteiger partial charge in [0.25, 0.3) is 5.91 Å². The number of carbonyl (C=O) groups is 2. The summed E-state index contributed by atoms with van der Waals surface area (Å²) in [6, 6.07) is 7.13. The first kappa shape index (κ1) is 20.4. The van der Waals surface area contributed by atoms with Crippen LogP contribution in [0.15, 0.2) is 36.4 Å². The van der Waals surface area contributed by atoms with Crippen LogP contribution in [0.3, 0.4) is 0 Å². The van der Waals surface area contributed by atoms with Crippen molar-refractivity contribution in [2.45, 2.75) is 39.4 Å². The number of hydrogen-bond donors (Lipinski definition) is 2. The number of carbonyl (C=O) groups excluding carboxylic acids is 2. The van der Waals surface area contributed by atoms with Gasteiger partial charge in [0.2, 0.25) is 5.91 Å². The molecule has 0 radical (unpaired) electrons. The Labute approximate surface area is 155 Å². The van der Waals surface area contributed by atoms with Crippen LogP contribution in [0.25, 0.3) is 0 Å². The topological polar surface area (TPSA) is 71.1 Å². The molecule has 1 aromatic carbocycles. The summed E-state index contributed by atoms with van der Waals surface area (Å²) < 4.78 is 38.6. The molecular weight excluding hydrogens is 359 g/mol. The maximum absolute atomic E-state index is 12.9. The second-order valence-corrected chi connectivity index (χ2v) is 6.10. The minimum Gasteiger partial charge on any atom is -0.346 e. The molecule has 0 aliphatic rings. The highest BCUT2D eigenvalue weighted by Gasteiger charge is 2.30. The van der Waals surface area contributed by atoms with Crippen LogP contribution in [0.2, 0.25) is 0 Å². The zero-order chi connectivity index (χ0) is 20.2. The molecule has 0 aliphatic carbocycles. The number of rotatable bonds is 5. The fraction of sp³-hybridized carbons (Fsp3) is 0.316. The molecule has 1 unspecified atom stereocenters. The molecule has 2 aromatic rings. The van der Waals surface area contributed by atoms with E-state index < -0.39 is 23.7 Å². The van der Waals surface area contributed by atoms with Gasteiger partial charge in [-0.05, 0) is 43.7 Å². The van der Waals surface area contributed by atoms with Crippen molar-refractivity contribution in [3.05, 3.63) is 58.8 Å². The molecule has 1 atom stereocenters. The maximum Gasteiger partial charge on any atom is 0.416 e. The summed E-state index contributed by atoms with van der Waals surface area (Å²) in [6.45, 7) is 4.96. The minimum atomic E-state index is -4.45. The van der Waals surface area contributed by atoms with Crippen LogP contribution in [0.1, 0.15) is 53.5 Å². The maximum atomic E-state index is 12.9. The molecule has 1 aromatic heterocycles. The highest BCUT2D eigenvalue weighted by molar-refractivity contribution is 5.96. The summed E-state index contributed by atoms with van der Waals surface area (Å²) in [5.74, 6) is -0.465. The third-order valence-corrected chi connectivity index (χ3v) is 3.87. The van der Waals surface area contributed by atoms with Crippen LogP contribution < -0.4 is 10.6 Å². The quantitative estimate of drug-likeness (QED) is 0.816. The Bertz CT molecular complexity index is 850. The van der Waals surface area contributed by atoms with Crippen molar-refractivity contribution in [2.75, 3.05) is 5.32 Å². The summed E-state index contributed by atoms with van der Waals surface area (Å²) in [7, 11) is 0. The first-order chi connectivity index (χ1) is 12.6. The fourth-order valence-corrected chi connectivity index (χ4v) is 2.44. The molecule has 0 saturated heterocycles. The molecule has 2 rings (SSSR count). The van der Waals surface area contributed by atoms with Crippen LogP contribution in [0.4, 0.5) is 19.0 Å². The third kappa shape index (κ3) is 5.54. The van der Waals surface area contributed by atoms with E-state index in [-0.39, 0.29) is 23.7 Å². The Balaban J connectivity index is 2.18. The van der Waals surface area contributed by atoms with Crippen molar-refractivity contribution in [2.24, 2.45) is 0 Å². The molecule has 5 nitrogen and oxygen atoms in total. The molecule has 2 amide bonds. The highest BCUT2D eigenvalue weighted by Crippen LogP contribution is 2.30. The van der Waals surface area contributed by atoms with Gasteiger partial charge >= 0.3 is 6.18 Å². The number of pyridine rings is 1. The van der Waals surface area contributed by atoms with Crippen LogP contribution in [0.5, 0.6) is 0 Å². The predicted octanol–water partition coefficient (Wildman–Crippen LogP) is 4.25. The fourth-order valence-electron chi connectivity index (χ4n) is 2.44. The monoisotopic (exact) mass is 379 g/mol. The second kappa shape index (κ2) is 8.20. The molecule has 1 heterocycles. The average molecular weight is 379 g/mol. The van der Waals surface area contributed by atoms with E-state index in [1.165, 1.54) is 24.3 Å². The summed E-state index contributed by atoms with van der Waals surface area (Å²) >= 11 is 0. The molecule has 0 spiro atoms. The predicted molar refractivity (Wildman–Crippen MR) is 95.2 cm³/mol. The van der Waals surface area contributed by atoms with Gasteiger partial charge in [0.1, 0.15) is 5.82 Å². The molecule has 0 aliphatic heterocycles. The SMILES string of the molecule is CCC(=O)Nc1cc(C(=O)NC(C)c2cccc(C(F)(F)F)c2)cc(C)n1. The van der Waals surface area contributed by atoms with Crippen LogP contribution >= 0.6 is 0 Å².